The monoisotopic (exact) mass is 262 g/mol. The summed E-state index contributed by atoms with van der Waals surface area (Å²) in [4.78, 5) is 12.6. The van der Waals surface area contributed by atoms with Crippen molar-refractivity contribution < 1.29 is 9.53 Å². The van der Waals surface area contributed by atoms with Crippen molar-refractivity contribution in [1.82, 2.24) is 0 Å². The summed E-state index contributed by atoms with van der Waals surface area (Å²) in [6, 6.07) is 0. The van der Waals surface area contributed by atoms with E-state index in [0.717, 1.165) is 31.1 Å². The van der Waals surface area contributed by atoms with Crippen molar-refractivity contribution in [3.63, 3.8) is 0 Å². The van der Waals surface area contributed by atoms with Gasteiger partial charge in [0.05, 0.1) is 5.92 Å². The molecule has 4 fully saturated rings. The Morgan fingerprint density at radius 3 is 2.47 bits per heavy atom. The molecule has 19 heavy (non-hydrogen) atoms. The predicted molar refractivity (Wildman–Crippen MR) is 73.5 cm³/mol. The summed E-state index contributed by atoms with van der Waals surface area (Å²) in [6.45, 7) is 2.22. The van der Waals surface area contributed by atoms with Crippen LogP contribution in [0.25, 0.3) is 0 Å². The van der Waals surface area contributed by atoms with Gasteiger partial charge < -0.3 is 4.74 Å². The molecular formula is C17H26O2. The SMILES string of the molecule is CC[C@@]1(OC(=O)C2C[C@H]3CC[C@@H]2C3)C[C@H]2CC[C@@H]1C2. The van der Waals surface area contributed by atoms with Gasteiger partial charge in [0.15, 0.2) is 0 Å². The largest absolute Gasteiger partial charge is 0.459 e. The van der Waals surface area contributed by atoms with Gasteiger partial charge in [0.2, 0.25) is 0 Å². The summed E-state index contributed by atoms with van der Waals surface area (Å²) < 4.78 is 6.18. The molecule has 4 bridgehead atoms. The van der Waals surface area contributed by atoms with E-state index in [2.05, 4.69) is 6.92 Å². The Kier molecular flexibility index (Phi) is 2.72. The van der Waals surface area contributed by atoms with Gasteiger partial charge in [-0.05, 0) is 75.0 Å². The second-order valence-electron chi connectivity index (χ2n) is 7.70. The van der Waals surface area contributed by atoms with Gasteiger partial charge in [-0.25, -0.2) is 0 Å². The first-order valence-corrected chi connectivity index (χ1v) is 8.43. The predicted octanol–water partition coefficient (Wildman–Crippen LogP) is 3.93. The molecule has 0 heterocycles. The van der Waals surface area contributed by atoms with Crippen LogP contribution < -0.4 is 0 Å². The van der Waals surface area contributed by atoms with Crippen LogP contribution in [0.4, 0.5) is 0 Å². The number of esters is 1. The molecule has 0 N–H and O–H groups in total. The van der Waals surface area contributed by atoms with Crippen LogP contribution in [0.15, 0.2) is 0 Å². The summed E-state index contributed by atoms with van der Waals surface area (Å²) in [5.41, 5.74) is -0.0676. The Bertz CT molecular complexity index is 391. The van der Waals surface area contributed by atoms with E-state index in [1.807, 2.05) is 0 Å². The van der Waals surface area contributed by atoms with Crippen LogP contribution >= 0.6 is 0 Å². The summed E-state index contributed by atoms with van der Waals surface area (Å²) >= 11 is 0. The third kappa shape index (κ3) is 1.78. The Morgan fingerprint density at radius 2 is 1.95 bits per heavy atom. The van der Waals surface area contributed by atoms with Crippen LogP contribution in [0.3, 0.4) is 0 Å². The zero-order valence-corrected chi connectivity index (χ0v) is 12.1. The standard InChI is InChI=1S/C17H26O2/c1-2-17(10-12-4-6-14(17)8-12)19-16(18)15-9-11-3-5-13(15)7-11/h11-15H,2-10H2,1H3/t11-,12-,13+,14+,15?,17+/m0/s1. The first-order valence-electron chi connectivity index (χ1n) is 8.43. The lowest BCUT2D eigenvalue weighted by atomic mass is 9.81. The van der Waals surface area contributed by atoms with Gasteiger partial charge in [0, 0.05) is 0 Å². The molecule has 4 saturated carbocycles. The smallest absolute Gasteiger partial charge is 0.309 e. The van der Waals surface area contributed by atoms with Crippen molar-refractivity contribution in [1.29, 1.82) is 0 Å². The molecule has 0 radical (unpaired) electrons. The number of rotatable bonds is 3. The maximum Gasteiger partial charge on any atom is 0.309 e. The van der Waals surface area contributed by atoms with Crippen LogP contribution in [0.1, 0.15) is 64.7 Å². The molecule has 6 atom stereocenters. The van der Waals surface area contributed by atoms with Gasteiger partial charge in [0.25, 0.3) is 0 Å². The lowest BCUT2D eigenvalue weighted by molar-refractivity contribution is -0.173. The highest BCUT2D eigenvalue weighted by Gasteiger charge is 2.54. The highest BCUT2D eigenvalue weighted by atomic mass is 16.6. The van der Waals surface area contributed by atoms with Crippen LogP contribution in [-0.2, 0) is 9.53 Å². The first kappa shape index (κ1) is 12.2. The highest BCUT2D eigenvalue weighted by molar-refractivity contribution is 5.74. The minimum atomic E-state index is -0.0676. The second kappa shape index (κ2) is 4.23. The summed E-state index contributed by atoms with van der Waals surface area (Å²) in [7, 11) is 0. The van der Waals surface area contributed by atoms with E-state index in [1.165, 1.54) is 38.5 Å². The number of hydrogen-bond donors (Lipinski definition) is 0. The molecule has 1 unspecified atom stereocenters. The number of ether oxygens (including phenoxy) is 1. The fourth-order valence-corrected chi connectivity index (χ4v) is 5.83. The van der Waals surface area contributed by atoms with Crippen molar-refractivity contribution in [3.05, 3.63) is 0 Å². The molecule has 2 nitrogen and oxygen atoms in total. The van der Waals surface area contributed by atoms with Gasteiger partial charge >= 0.3 is 5.97 Å². The van der Waals surface area contributed by atoms with Crippen LogP contribution in [-0.4, -0.2) is 11.6 Å². The molecule has 2 heteroatoms. The van der Waals surface area contributed by atoms with Crippen molar-refractivity contribution in [2.24, 2.45) is 29.6 Å². The number of hydrogen-bond acceptors (Lipinski definition) is 2. The van der Waals surface area contributed by atoms with E-state index >= 15 is 0 Å². The normalized spacial score (nSPS) is 50.9. The average molecular weight is 262 g/mol. The van der Waals surface area contributed by atoms with E-state index in [-0.39, 0.29) is 17.5 Å². The summed E-state index contributed by atoms with van der Waals surface area (Å²) in [5.74, 6) is 3.43. The quantitative estimate of drug-likeness (QED) is 0.720. The maximum atomic E-state index is 12.6. The zero-order chi connectivity index (χ0) is 13.0. The fourth-order valence-electron chi connectivity index (χ4n) is 5.83. The minimum absolute atomic E-state index is 0.0676. The third-order valence-corrected chi connectivity index (χ3v) is 6.86. The van der Waals surface area contributed by atoms with Crippen LogP contribution in [0, 0.1) is 29.6 Å². The molecule has 0 amide bonds. The van der Waals surface area contributed by atoms with E-state index in [4.69, 9.17) is 4.74 Å². The minimum Gasteiger partial charge on any atom is -0.459 e. The lowest BCUT2D eigenvalue weighted by Gasteiger charge is -2.38. The van der Waals surface area contributed by atoms with Gasteiger partial charge in [-0.3, -0.25) is 4.79 Å². The van der Waals surface area contributed by atoms with E-state index in [9.17, 15) is 4.79 Å². The van der Waals surface area contributed by atoms with Crippen LogP contribution in [0.5, 0.6) is 0 Å². The molecule has 0 aromatic rings. The molecule has 4 aliphatic rings. The van der Waals surface area contributed by atoms with Crippen molar-refractivity contribution >= 4 is 5.97 Å². The fraction of sp³-hybridized carbons (Fsp3) is 0.941. The van der Waals surface area contributed by atoms with E-state index in [0.29, 0.717) is 11.8 Å². The summed E-state index contributed by atoms with van der Waals surface area (Å²) in [5, 5.41) is 0. The second-order valence-corrected chi connectivity index (χ2v) is 7.70. The number of carbonyl (C=O) groups is 1. The Labute approximate surface area is 116 Å². The highest BCUT2D eigenvalue weighted by Crippen LogP contribution is 2.55. The van der Waals surface area contributed by atoms with Crippen molar-refractivity contribution in [3.8, 4) is 0 Å². The van der Waals surface area contributed by atoms with Gasteiger partial charge in [0.1, 0.15) is 5.60 Å². The molecule has 0 spiro atoms. The third-order valence-electron chi connectivity index (χ3n) is 6.86. The molecule has 0 aromatic carbocycles. The van der Waals surface area contributed by atoms with Crippen molar-refractivity contribution in [2.45, 2.75) is 70.3 Å². The molecular weight excluding hydrogens is 236 g/mol. The van der Waals surface area contributed by atoms with Gasteiger partial charge in [-0.1, -0.05) is 13.3 Å². The summed E-state index contributed by atoms with van der Waals surface area (Å²) in [6.07, 6.45) is 11.2. The molecule has 0 aromatic heterocycles. The Morgan fingerprint density at radius 1 is 1.11 bits per heavy atom. The van der Waals surface area contributed by atoms with Gasteiger partial charge in [-0.15, -0.1) is 0 Å². The molecule has 4 rings (SSSR count). The maximum absolute atomic E-state index is 12.6. The lowest BCUT2D eigenvalue weighted by Crippen LogP contribution is -2.42. The Balaban J connectivity index is 1.47. The Hall–Kier alpha value is -0.530. The van der Waals surface area contributed by atoms with Crippen molar-refractivity contribution in [2.75, 3.05) is 0 Å². The number of carbonyl (C=O) groups excluding carboxylic acids is 1. The van der Waals surface area contributed by atoms with Crippen LogP contribution in [0.2, 0.25) is 0 Å². The molecule has 0 aliphatic heterocycles. The molecule has 0 saturated heterocycles. The van der Waals surface area contributed by atoms with E-state index in [1.54, 1.807) is 0 Å². The zero-order valence-electron chi connectivity index (χ0n) is 12.1. The van der Waals surface area contributed by atoms with E-state index < -0.39 is 0 Å². The average Bonchev–Trinajstić information content (AvgIpc) is 3.17. The number of fused-ring (bicyclic) bond motifs is 4. The topological polar surface area (TPSA) is 26.3 Å². The first-order chi connectivity index (χ1) is 9.20. The molecule has 106 valence electrons. The molecule has 4 aliphatic carbocycles. The van der Waals surface area contributed by atoms with Gasteiger partial charge in [-0.2, -0.15) is 0 Å².